The molecule has 0 aliphatic carbocycles. The number of aromatic nitrogens is 3. The molecule has 5 rings (SSSR count). The molecule has 0 saturated carbocycles. The van der Waals surface area contributed by atoms with Gasteiger partial charge in [0.05, 0.1) is 6.54 Å². The topological polar surface area (TPSA) is 71.3 Å². The Morgan fingerprint density at radius 3 is 2.69 bits per heavy atom. The fourth-order valence-corrected chi connectivity index (χ4v) is 6.86. The maximum atomic E-state index is 15.1. The molecule has 0 radical (unpaired) electrons. The van der Waals surface area contributed by atoms with E-state index in [4.69, 9.17) is 0 Å². The number of anilines is 1. The third-order valence-electron chi connectivity index (χ3n) is 6.56. The van der Waals surface area contributed by atoms with Crippen molar-refractivity contribution in [3.63, 3.8) is 0 Å². The number of benzene rings is 2. The van der Waals surface area contributed by atoms with Crippen LogP contribution in [-0.4, -0.2) is 40.1 Å². The predicted molar refractivity (Wildman–Crippen MR) is 120 cm³/mol. The van der Waals surface area contributed by atoms with E-state index in [-0.39, 0.29) is 12.6 Å². The Morgan fingerprint density at radius 2 is 1.91 bits per heavy atom. The molecule has 1 saturated heterocycles. The molecule has 0 amide bonds. The van der Waals surface area contributed by atoms with Crippen molar-refractivity contribution in [1.82, 2.24) is 19.1 Å². The summed E-state index contributed by atoms with van der Waals surface area (Å²) in [5.41, 5.74) is 1.94. The fourth-order valence-electron chi connectivity index (χ4n) is 4.67. The zero-order valence-corrected chi connectivity index (χ0v) is 18.7. The van der Waals surface area contributed by atoms with Crippen LogP contribution in [0.2, 0.25) is 0 Å². The Labute approximate surface area is 187 Å². The van der Waals surface area contributed by atoms with E-state index >= 15 is 4.39 Å². The highest BCUT2D eigenvalue weighted by Gasteiger charge is 2.40. The third kappa shape index (κ3) is 3.80. The summed E-state index contributed by atoms with van der Waals surface area (Å²) in [6.07, 6.45) is 3.03. The first-order valence-electron chi connectivity index (χ1n) is 10.9. The molecule has 1 fully saturated rings. The summed E-state index contributed by atoms with van der Waals surface area (Å²) in [7, 11) is -3.60. The maximum absolute atomic E-state index is 15.1. The average molecular weight is 456 g/mol. The normalized spacial score (nSPS) is 23.1. The van der Waals surface area contributed by atoms with E-state index in [9.17, 15) is 8.42 Å². The monoisotopic (exact) mass is 455 g/mol. The van der Waals surface area contributed by atoms with Crippen molar-refractivity contribution in [3.05, 3.63) is 77.6 Å². The second-order valence-electron chi connectivity index (χ2n) is 8.55. The molecule has 32 heavy (non-hydrogen) atoms. The fraction of sp³-hybridized carbons (Fsp3) is 0.391. The minimum absolute atomic E-state index is 0.0350. The number of nitrogens with zero attached hydrogens (tertiary/aromatic N) is 5. The van der Waals surface area contributed by atoms with E-state index in [1.54, 1.807) is 12.4 Å². The number of fused-ring (bicyclic) bond motifs is 1. The zero-order valence-electron chi connectivity index (χ0n) is 17.9. The molecule has 2 aliphatic rings. The number of hydrogen-bond acceptors (Lipinski definition) is 5. The van der Waals surface area contributed by atoms with Gasteiger partial charge in [-0.1, -0.05) is 36.4 Å². The van der Waals surface area contributed by atoms with E-state index in [1.165, 1.54) is 10.4 Å². The van der Waals surface area contributed by atoms with E-state index in [0.29, 0.717) is 18.5 Å². The van der Waals surface area contributed by atoms with Crippen LogP contribution >= 0.6 is 0 Å². The molecule has 0 bridgehead atoms. The Kier molecular flexibility index (Phi) is 5.46. The van der Waals surface area contributed by atoms with Crippen molar-refractivity contribution < 1.29 is 12.8 Å². The molecule has 0 N–H and O–H groups in total. The first kappa shape index (κ1) is 21.1. The van der Waals surface area contributed by atoms with Crippen LogP contribution in [-0.2, 0) is 29.7 Å². The third-order valence-corrected chi connectivity index (χ3v) is 8.93. The van der Waals surface area contributed by atoms with Gasteiger partial charge in [-0.2, -0.15) is 4.31 Å². The van der Waals surface area contributed by atoms with Crippen LogP contribution in [0.15, 0.2) is 54.9 Å². The van der Waals surface area contributed by atoms with Crippen molar-refractivity contribution in [2.75, 3.05) is 11.4 Å². The lowest BCUT2D eigenvalue weighted by molar-refractivity contribution is 0.279. The van der Waals surface area contributed by atoms with Crippen LogP contribution < -0.4 is 4.90 Å². The summed E-state index contributed by atoms with van der Waals surface area (Å²) in [5, 5.41) is 7.45. The molecule has 9 heteroatoms. The molecular weight excluding hydrogens is 429 g/mol. The first-order chi connectivity index (χ1) is 15.4. The van der Waals surface area contributed by atoms with Gasteiger partial charge in [0.2, 0.25) is 10.0 Å². The summed E-state index contributed by atoms with van der Waals surface area (Å²) >= 11 is 0. The molecular formula is C23H26FN5O2S. The van der Waals surface area contributed by atoms with Crippen LogP contribution in [0, 0.1) is 5.82 Å². The van der Waals surface area contributed by atoms with Crippen LogP contribution in [0.1, 0.15) is 42.0 Å². The van der Waals surface area contributed by atoms with Crippen molar-refractivity contribution in [3.8, 4) is 0 Å². The SMILES string of the molecule is C[C@H]1CCC(c2ccccc2)S(=O)(=O)N1Cc1ccc(N2CCn3cnnc3C2)cc1F. The second-order valence-corrected chi connectivity index (χ2v) is 10.6. The van der Waals surface area contributed by atoms with Gasteiger partial charge in [-0.25, -0.2) is 12.8 Å². The standard InChI is InChI=1S/C23H26FN5O2S/c1-17-7-10-22(18-5-3-2-4-6-18)32(30,31)29(17)14-19-8-9-20(13-21(19)24)27-11-12-28-16-25-26-23(28)15-27/h2-6,8-9,13,16-17,22H,7,10-12,14-15H2,1H3/t17-,22?/m0/s1. The maximum Gasteiger partial charge on any atom is 0.221 e. The van der Waals surface area contributed by atoms with Gasteiger partial charge < -0.3 is 9.47 Å². The van der Waals surface area contributed by atoms with Gasteiger partial charge >= 0.3 is 0 Å². The van der Waals surface area contributed by atoms with E-state index in [2.05, 4.69) is 15.1 Å². The van der Waals surface area contributed by atoms with Gasteiger partial charge in [0.25, 0.3) is 0 Å². The quantitative estimate of drug-likeness (QED) is 0.602. The highest BCUT2D eigenvalue weighted by atomic mass is 32.2. The highest BCUT2D eigenvalue weighted by molar-refractivity contribution is 7.89. The Bertz CT molecular complexity index is 1210. The van der Waals surface area contributed by atoms with E-state index < -0.39 is 21.1 Å². The van der Waals surface area contributed by atoms with E-state index in [0.717, 1.165) is 36.6 Å². The summed E-state index contributed by atoms with van der Waals surface area (Å²) in [6.45, 7) is 3.98. The molecule has 1 aromatic heterocycles. The molecule has 3 heterocycles. The zero-order chi connectivity index (χ0) is 22.3. The van der Waals surface area contributed by atoms with Crippen LogP contribution in [0.5, 0.6) is 0 Å². The predicted octanol–water partition coefficient (Wildman–Crippen LogP) is 3.49. The first-order valence-corrected chi connectivity index (χ1v) is 12.4. The Morgan fingerprint density at radius 1 is 1.09 bits per heavy atom. The van der Waals surface area contributed by atoms with Crippen molar-refractivity contribution >= 4 is 15.7 Å². The molecule has 1 unspecified atom stereocenters. The minimum atomic E-state index is -3.60. The Hall–Kier alpha value is -2.78. The van der Waals surface area contributed by atoms with Crippen LogP contribution in [0.4, 0.5) is 10.1 Å². The lowest BCUT2D eigenvalue weighted by Crippen LogP contribution is -2.44. The summed E-state index contributed by atoms with van der Waals surface area (Å²) in [6, 6.07) is 14.2. The van der Waals surface area contributed by atoms with Crippen molar-refractivity contribution in [2.45, 2.75) is 50.7 Å². The number of rotatable bonds is 4. The molecule has 2 aliphatic heterocycles. The molecule has 168 valence electrons. The summed E-state index contributed by atoms with van der Waals surface area (Å²) in [4.78, 5) is 2.06. The van der Waals surface area contributed by atoms with Gasteiger partial charge in [-0.3, -0.25) is 0 Å². The van der Waals surface area contributed by atoms with Gasteiger partial charge in [-0.05, 0) is 37.5 Å². The smallest absolute Gasteiger partial charge is 0.221 e. The van der Waals surface area contributed by atoms with Gasteiger partial charge in [0.1, 0.15) is 17.4 Å². The molecule has 7 nitrogen and oxygen atoms in total. The number of sulfonamides is 1. The molecule has 3 aromatic rings. The largest absolute Gasteiger partial charge is 0.362 e. The molecule has 0 spiro atoms. The van der Waals surface area contributed by atoms with Gasteiger partial charge in [0, 0.05) is 36.9 Å². The average Bonchev–Trinajstić information content (AvgIpc) is 3.26. The van der Waals surface area contributed by atoms with Crippen molar-refractivity contribution in [2.24, 2.45) is 0 Å². The summed E-state index contributed by atoms with van der Waals surface area (Å²) < 4.78 is 45.4. The second kappa shape index (κ2) is 8.29. The van der Waals surface area contributed by atoms with Gasteiger partial charge in [0.15, 0.2) is 5.82 Å². The molecule has 2 aromatic carbocycles. The Balaban J connectivity index is 1.37. The van der Waals surface area contributed by atoms with Gasteiger partial charge in [-0.15, -0.1) is 10.2 Å². The van der Waals surface area contributed by atoms with Crippen LogP contribution in [0.25, 0.3) is 0 Å². The lowest BCUT2D eigenvalue weighted by Gasteiger charge is -2.37. The van der Waals surface area contributed by atoms with E-state index in [1.807, 2.05) is 47.9 Å². The number of halogens is 1. The lowest BCUT2D eigenvalue weighted by atomic mass is 10.0. The van der Waals surface area contributed by atoms with Crippen molar-refractivity contribution in [1.29, 1.82) is 0 Å². The minimum Gasteiger partial charge on any atom is -0.362 e. The molecule has 2 atom stereocenters. The summed E-state index contributed by atoms with van der Waals surface area (Å²) in [5.74, 6) is 0.458. The number of hydrogen-bond donors (Lipinski definition) is 0. The van der Waals surface area contributed by atoms with Crippen LogP contribution in [0.3, 0.4) is 0 Å². The highest BCUT2D eigenvalue weighted by Crippen LogP contribution is 2.38.